The van der Waals surface area contributed by atoms with Crippen molar-refractivity contribution in [3.05, 3.63) is 11.8 Å². The van der Waals surface area contributed by atoms with Gasteiger partial charge in [0.05, 0.1) is 18.9 Å². The van der Waals surface area contributed by atoms with Crippen LogP contribution in [0.2, 0.25) is 0 Å². The number of likely N-dealkylation sites (tertiary alicyclic amines) is 1. The van der Waals surface area contributed by atoms with Gasteiger partial charge in [-0.05, 0) is 56.4 Å². The highest BCUT2D eigenvalue weighted by Gasteiger charge is 2.59. The number of sulfone groups is 1. The number of aromatic nitrogens is 2. The zero-order valence-corrected chi connectivity index (χ0v) is 17.3. The lowest BCUT2D eigenvalue weighted by Gasteiger charge is -2.56. The van der Waals surface area contributed by atoms with Crippen molar-refractivity contribution in [3.8, 4) is 0 Å². The summed E-state index contributed by atoms with van der Waals surface area (Å²) in [6, 6.07) is 2.34. The first-order valence-electron chi connectivity index (χ1n) is 10.7. The Morgan fingerprint density at radius 2 is 2.00 bits per heavy atom. The number of hydrogen-bond donors (Lipinski definition) is 1. The van der Waals surface area contributed by atoms with Crippen LogP contribution in [0.15, 0.2) is 11.1 Å². The topological polar surface area (TPSA) is 90.5 Å². The molecule has 5 aliphatic rings. The van der Waals surface area contributed by atoms with Gasteiger partial charge in [-0.25, -0.2) is 8.42 Å². The van der Waals surface area contributed by atoms with Gasteiger partial charge < -0.3 is 10.5 Å². The molecular formula is C20H30N4O3S. The Balaban J connectivity index is 1.34. The van der Waals surface area contributed by atoms with E-state index in [-0.39, 0.29) is 12.0 Å². The minimum absolute atomic E-state index is 0.135. The predicted molar refractivity (Wildman–Crippen MR) is 103 cm³/mol. The molecule has 3 heterocycles. The summed E-state index contributed by atoms with van der Waals surface area (Å²) in [6.45, 7) is 2.56. The first-order chi connectivity index (χ1) is 13.4. The van der Waals surface area contributed by atoms with E-state index in [9.17, 15) is 8.42 Å². The Kier molecular flexibility index (Phi) is 3.70. The first-order valence-corrected chi connectivity index (χ1v) is 12.3. The molecule has 3 saturated carbocycles. The fourth-order valence-corrected chi connectivity index (χ4v) is 8.74. The maximum Gasteiger partial charge on any atom is 0.211 e. The zero-order valence-electron chi connectivity index (χ0n) is 16.5. The number of nitrogens with zero attached hydrogens (tertiary/aromatic N) is 3. The second-order valence-electron chi connectivity index (χ2n) is 10.1. The second-order valence-corrected chi connectivity index (χ2v) is 12.1. The monoisotopic (exact) mass is 406 g/mol. The largest absolute Gasteiger partial charge is 0.380 e. The number of aryl methyl sites for hydroxylation is 1. The summed E-state index contributed by atoms with van der Waals surface area (Å²) >= 11 is 0. The Morgan fingerprint density at radius 1 is 1.25 bits per heavy atom. The van der Waals surface area contributed by atoms with E-state index in [2.05, 4.69) is 10.00 Å². The molecule has 0 amide bonds. The molecule has 1 aromatic heterocycles. The van der Waals surface area contributed by atoms with Crippen LogP contribution in [-0.4, -0.2) is 60.3 Å². The van der Waals surface area contributed by atoms with Crippen LogP contribution in [0.4, 0.5) is 0 Å². The highest BCUT2D eigenvalue weighted by Crippen LogP contribution is 2.54. The summed E-state index contributed by atoms with van der Waals surface area (Å²) < 4.78 is 34.8. The minimum Gasteiger partial charge on any atom is -0.380 e. The van der Waals surface area contributed by atoms with Crippen LogP contribution in [-0.2, 0) is 21.6 Å². The number of nitrogens with two attached hydrogens (primary N) is 1. The van der Waals surface area contributed by atoms with Gasteiger partial charge in [0.25, 0.3) is 0 Å². The molecule has 0 bridgehead atoms. The summed E-state index contributed by atoms with van der Waals surface area (Å²) in [7, 11) is -1.71. The van der Waals surface area contributed by atoms with Crippen LogP contribution in [0.3, 0.4) is 0 Å². The summed E-state index contributed by atoms with van der Waals surface area (Å²) in [5.74, 6) is 1.00. The van der Waals surface area contributed by atoms with Gasteiger partial charge in [-0.3, -0.25) is 9.58 Å². The normalized spacial score (nSPS) is 37.8. The van der Waals surface area contributed by atoms with Gasteiger partial charge >= 0.3 is 0 Å². The van der Waals surface area contributed by atoms with E-state index in [0.29, 0.717) is 28.3 Å². The van der Waals surface area contributed by atoms with E-state index >= 15 is 0 Å². The van der Waals surface area contributed by atoms with Crippen LogP contribution in [0.1, 0.15) is 50.1 Å². The third kappa shape index (κ3) is 2.50. The minimum atomic E-state index is -3.49. The van der Waals surface area contributed by atoms with E-state index in [4.69, 9.17) is 10.5 Å². The average molecular weight is 407 g/mol. The molecule has 8 heteroatoms. The maximum atomic E-state index is 13.9. The number of rotatable bonds is 4. The van der Waals surface area contributed by atoms with Crippen LogP contribution in [0.25, 0.3) is 0 Å². The third-order valence-electron chi connectivity index (χ3n) is 8.01. The lowest BCUT2D eigenvalue weighted by Crippen LogP contribution is -2.61. The van der Waals surface area contributed by atoms with E-state index in [1.54, 1.807) is 11.7 Å². The molecule has 2 aliphatic heterocycles. The van der Waals surface area contributed by atoms with Crippen LogP contribution in [0.5, 0.6) is 0 Å². The van der Waals surface area contributed by atoms with Crippen molar-refractivity contribution < 1.29 is 13.2 Å². The molecule has 154 valence electrons. The Labute approximate surface area is 166 Å². The van der Waals surface area contributed by atoms with Crippen molar-refractivity contribution >= 4 is 9.84 Å². The number of hydrogen-bond acceptors (Lipinski definition) is 6. The van der Waals surface area contributed by atoms with Gasteiger partial charge in [0.1, 0.15) is 5.37 Å². The average Bonchev–Trinajstić information content (AvgIpc) is 3.10. The molecule has 2 saturated heterocycles. The van der Waals surface area contributed by atoms with Gasteiger partial charge in [-0.1, -0.05) is 0 Å². The molecule has 0 unspecified atom stereocenters. The van der Waals surface area contributed by atoms with Crippen molar-refractivity contribution in [2.24, 2.45) is 30.0 Å². The van der Waals surface area contributed by atoms with Crippen molar-refractivity contribution in [1.82, 2.24) is 14.7 Å². The quantitative estimate of drug-likeness (QED) is 0.809. The van der Waals surface area contributed by atoms with Crippen LogP contribution >= 0.6 is 0 Å². The van der Waals surface area contributed by atoms with E-state index < -0.39 is 15.2 Å². The van der Waals surface area contributed by atoms with Gasteiger partial charge in [0, 0.05) is 37.0 Å². The van der Waals surface area contributed by atoms with Gasteiger partial charge in [0.2, 0.25) is 9.84 Å². The Bertz CT molecular complexity index is 897. The summed E-state index contributed by atoms with van der Waals surface area (Å²) in [4.78, 5) is 2.32. The maximum absolute atomic E-state index is 13.9. The van der Waals surface area contributed by atoms with Crippen LogP contribution in [0, 0.1) is 17.3 Å². The van der Waals surface area contributed by atoms with Gasteiger partial charge in [-0.2, -0.15) is 5.10 Å². The Morgan fingerprint density at radius 3 is 2.64 bits per heavy atom. The van der Waals surface area contributed by atoms with Crippen molar-refractivity contribution in [2.75, 3.05) is 19.8 Å². The smallest absolute Gasteiger partial charge is 0.211 e. The molecule has 28 heavy (non-hydrogen) atoms. The number of fused-ring (bicyclic) bond motifs is 1. The molecule has 5 fully saturated rings. The molecule has 0 aromatic carbocycles. The summed E-state index contributed by atoms with van der Waals surface area (Å²) in [5.41, 5.74) is 7.52. The highest BCUT2D eigenvalue weighted by atomic mass is 32.2. The molecule has 0 radical (unpaired) electrons. The molecule has 1 spiro atoms. The number of ether oxygens (including phenoxy) is 1. The van der Waals surface area contributed by atoms with Crippen LogP contribution < -0.4 is 5.73 Å². The molecule has 1 aromatic rings. The highest BCUT2D eigenvalue weighted by molar-refractivity contribution is 7.92. The summed E-state index contributed by atoms with van der Waals surface area (Å²) in [5, 5.41) is 4.49. The molecule has 2 N–H and O–H groups in total. The van der Waals surface area contributed by atoms with E-state index in [0.717, 1.165) is 64.0 Å². The Hall–Kier alpha value is -0.960. The lowest BCUT2D eigenvalue weighted by atomic mass is 9.63. The first kappa shape index (κ1) is 17.9. The fraction of sp³-hybridized carbons (Fsp3) is 0.850. The van der Waals surface area contributed by atoms with Crippen molar-refractivity contribution in [2.45, 2.75) is 66.9 Å². The molecule has 3 aliphatic carbocycles. The SMILES string of the molecule is Cn1nc(C2CC2)cc1S(=O)(=O)[C@H]1[C@H]2C[C@@H](N)C[C@@H]2CN1C1CC2(COC2)C1. The van der Waals surface area contributed by atoms with Crippen molar-refractivity contribution in [1.29, 1.82) is 0 Å². The standard InChI is InChI=1S/C20H30N4O3S/c1-23-18(6-17(22-23)12-2-3-12)28(25,26)19-16-5-14(21)4-13(16)9-24(19)15-7-20(8-15)10-27-11-20/h6,12-16,19H,2-5,7-11,21H2,1H3/t13-,14+,16+,19+/m1/s1. The molecule has 6 rings (SSSR count). The lowest BCUT2D eigenvalue weighted by molar-refractivity contribution is -0.184. The van der Waals surface area contributed by atoms with Crippen molar-refractivity contribution in [3.63, 3.8) is 0 Å². The predicted octanol–water partition coefficient (Wildman–Crippen LogP) is 1.25. The van der Waals surface area contributed by atoms with Gasteiger partial charge in [-0.15, -0.1) is 0 Å². The van der Waals surface area contributed by atoms with E-state index in [1.807, 2.05) is 6.07 Å². The van der Waals surface area contributed by atoms with Gasteiger partial charge in [0.15, 0.2) is 5.03 Å². The fourth-order valence-electron chi connectivity index (χ4n) is 6.39. The zero-order chi connectivity index (χ0) is 19.3. The molecule has 4 atom stereocenters. The van der Waals surface area contributed by atoms with E-state index in [1.165, 1.54) is 0 Å². The second kappa shape index (κ2) is 5.80. The molecular weight excluding hydrogens is 376 g/mol. The summed E-state index contributed by atoms with van der Waals surface area (Å²) in [6.07, 6.45) is 6.16. The molecule has 7 nitrogen and oxygen atoms in total. The third-order valence-corrected chi connectivity index (χ3v) is 10.2.